The number of hydrazone groups is 1. The number of amides is 2. The number of ether oxygens (including phenoxy) is 2. The molecule has 0 aliphatic carbocycles. The summed E-state index contributed by atoms with van der Waals surface area (Å²) in [5, 5.41) is 7.77. The Morgan fingerprint density at radius 2 is 1.77 bits per heavy atom. The zero-order chi connectivity index (χ0) is 25.2. The van der Waals surface area contributed by atoms with Gasteiger partial charge >= 0.3 is 0 Å². The number of anilines is 1. The summed E-state index contributed by atoms with van der Waals surface area (Å²) in [4.78, 5) is 24.3. The van der Waals surface area contributed by atoms with Crippen molar-refractivity contribution in [1.82, 2.24) is 5.43 Å². The molecule has 0 spiro atoms. The number of nitrogens with one attached hydrogen (secondary N) is 2. The highest BCUT2D eigenvalue weighted by Crippen LogP contribution is 2.26. The molecule has 3 aromatic carbocycles. The van der Waals surface area contributed by atoms with Crippen molar-refractivity contribution < 1.29 is 19.1 Å². The van der Waals surface area contributed by atoms with Crippen LogP contribution in [-0.4, -0.2) is 25.1 Å². The highest BCUT2D eigenvalue weighted by atomic mass is 79.9. The second kappa shape index (κ2) is 13.1. The number of para-hydroxylation sites is 2. The molecule has 2 N–H and O–H groups in total. The third kappa shape index (κ3) is 8.28. The van der Waals surface area contributed by atoms with Crippen molar-refractivity contribution in [1.29, 1.82) is 0 Å². The van der Waals surface area contributed by atoms with E-state index in [-0.39, 0.29) is 25.4 Å². The second-order valence-electron chi connectivity index (χ2n) is 7.25. The molecule has 0 radical (unpaired) electrons. The molecule has 0 saturated heterocycles. The van der Waals surface area contributed by atoms with E-state index in [0.717, 1.165) is 10.0 Å². The average Bonchev–Trinajstić information content (AvgIpc) is 2.83. The van der Waals surface area contributed by atoms with Crippen molar-refractivity contribution in [3.05, 3.63) is 86.3 Å². The lowest BCUT2D eigenvalue weighted by Gasteiger charge is -2.11. The maximum Gasteiger partial charge on any atom is 0.240 e. The molecular weight excluding hydrogens is 557 g/mol. The van der Waals surface area contributed by atoms with Gasteiger partial charge in [-0.1, -0.05) is 57.3 Å². The van der Waals surface area contributed by atoms with Gasteiger partial charge in [-0.05, 0) is 42.5 Å². The fourth-order valence-electron chi connectivity index (χ4n) is 2.96. The fraction of sp³-hybridized carbons (Fsp3) is 0.160. The first kappa shape index (κ1) is 26.5. The van der Waals surface area contributed by atoms with Crippen LogP contribution in [0.15, 0.2) is 70.2 Å². The van der Waals surface area contributed by atoms with Crippen LogP contribution < -0.4 is 20.2 Å². The van der Waals surface area contributed by atoms with Crippen molar-refractivity contribution in [2.45, 2.75) is 19.4 Å². The van der Waals surface area contributed by atoms with Gasteiger partial charge in [0.15, 0.2) is 0 Å². The minimum Gasteiger partial charge on any atom is -0.495 e. The Morgan fingerprint density at radius 3 is 2.54 bits per heavy atom. The number of hydrogen-bond donors (Lipinski definition) is 2. The largest absolute Gasteiger partial charge is 0.495 e. The maximum atomic E-state index is 12.2. The SMILES string of the molecule is COc1ccccc1NC(=O)CCC(=O)NN=Cc1cc(Br)ccc1OCc1ccc(Cl)cc1Cl. The minimum atomic E-state index is -0.401. The van der Waals surface area contributed by atoms with E-state index in [1.54, 1.807) is 54.6 Å². The lowest BCUT2D eigenvalue weighted by atomic mass is 10.2. The van der Waals surface area contributed by atoms with Gasteiger partial charge in [-0.25, -0.2) is 5.43 Å². The molecule has 0 aliphatic heterocycles. The van der Waals surface area contributed by atoms with Crippen LogP contribution in [0.4, 0.5) is 5.69 Å². The Bertz CT molecular complexity index is 1240. The van der Waals surface area contributed by atoms with Crippen LogP contribution >= 0.6 is 39.1 Å². The van der Waals surface area contributed by atoms with Crippen LogP contribution in [-0.2, 0) is 16.2 Å². The monoisotopic (exact) mass is 577 g/mol. The molecule has 0 aliphatic rings. The Balaban J connectivity index is 1.53. The summed E-state index contributed by atoms with van der Waals surface area (Å²) in [5.41, 5.74) is 4.39. The number of methoxy groups -OCH3 is 1. The molecule has 7 nitrogen and oxygen atoms in total. The third-order valence-electron chi connectivity index (χ3n) is 4.72. The van der Waals surface area contributed by atoms with Gasteiger partial charge in [0.05, 0.1) is 19.0 Å². The molecule has 0 unspecified atom stereocenters. The molecule has 3 aromatic rings. The van der Waals surface area contributed by atoms with E-state index >= 15 is 0 Å². The predicted molar refractivity (Wildman–Crippen MR) is 142 cm³/mol. The molecule has 0 bridgehead atoms. The normalized spacial score (nSPS) is 10.7. The van der Waals surface area contributed by atoms with Crippen molar-refractivity contribution >= 4 is 62.8 Å². The number of carbonyl (C=O) groups is 2. The Morgan fingerprint density at radius 1 is 1.00 bits per heavy atom. The molecule has 35 heavy (non-hydrogen) atoms. The minimum absolute atomic E-state index is 0.00744. The van der Waals surface area contributed by atoms with Gasteiger partial charge in [0.2, 0.25) is 11.8 Å². The van der Waals surface area contributed by atoms with E-state index in [9.17, 15) is 9.59 Å². The van der Waals surface area contributed by atoms with Crippen LogP contribution in [0.1, 0.15) is 24.0 Å². The first-order valence-corrected chi connectivity index (χ1v) is 12.0. The lowest BCUT2D eigenvalue weighted by Crippen LogP contribution is -2.20. The average molecular weight is 579 g/mol. The van der Waals surface area contributed by atoms with E-state index in [1.165, 1.54) is 13.3 Å². The van der Waals surface area contributed by atoms with Crippen LogP contribution in [0.2, 0.25) is 10.0 Å². The third-order valence-corrected chi connectivity index (χ3v) is 5.80. The lowest BCUT2D eigenvalue weighted by molar-refractivity contribution is -0.124. The van der Waals surface area contributed by atoms with Gasteiger partial charge in [-0.2, -0.15) is 5.10 Å². The van der Waals surface area contributed by atoms with Crippen LogP contribution in [0.25, 0.3) is 0 Å². The topological polar surface area (TPSA) is 89.0 Å². The van der Waals surface area contributed by atoms with Crippen molar-refractivity contribution in [2.24, 2.45) is 5.10 Å². The van der Waals surface area contributed by atoms with Crippen LogP contribution in [0.5, 0.6) is 11.5 Å². The van der Waals surface area contributed by atoms with E-state index < -0.39 is 5.91 Å². The van der Waals surface area contributed by atoms with Gasteiger partial charge in [-0.3, -0.25) is 9.59 Å². The Hall–Kier alpha value is -3.07. The van der Waals surface area contributed by atoms with Gasteiger partial charge in [-0.15, -0.1) is 0 Å². The number of rotatable bonds is 10. The number of hydrogen-bond acceptors (Lipinski definition) is 5. The molecule has 3 rings (SSSR count). The first-order chi connectivity index (χ1) is 16.9. The highest BCUT2D eigenvalue weighted by Gasteiger charge is 2.10. The number of halogens is 3. The zero-order valence-corrected chi connectivity index (χ0v) is 21.8. The Labute approximate surface area is 221 Å². The molecule has 2 amide bonds. The van der Waals surface area contributed by atoms with Gasteiger partial charge in [0, 0.05) is 38.5 Å². The Kier molecular flexibility index (Phi) is 9.96. The summed E-state index contributed by atoms with van der Waals surface area (Å²) in [6.07, 6.45) is 1.43. The van der Waals surface area contributed by atoms with E-state index in [4.69, 9.17) is 32.7 Å². The van der Waals surface area contributed by atoms with Gasteiger partial charge < -0.3 is 14.8 Å². The quantitative estimate of drug-likeness (QED) is 0.221. The standard InChI is InChI=1S/C25H22BrCl2N3O4/c1-34-23-5-3-2-4-21(23)30-24(32)10-11-25(33)31-29-14-17-12-18(26)7-9-22(17)35-15-16-6-8-19(27)13-20(16)28/h2-9,12-14H,10-11,15H2,1H3,(H,30,32)(H,31,33). The van der Waals surface area contributed by atoms with Gasteiger partial charge in [0.1, 0.15) is 18.1 Å². The highest BCUT2D eigenvalue weighted by molar-refractivity contribution is 9.10. The summed E-state index contributed by atoms with van der Waals surface area (Å²) in [5.74, 6) is 0.382. The summed E-state index contributed by atoms with van der Waals surface area (Å²) in [6.45, 7) is 0.228. The van der Waals surface area contributed by atoms with Crippen molar-refractivity contribution in [3.63, 3.8) is 0 Å². The number of benzene rings is 3. The molecular formula is C25H22BrCl2N3O4. The molecule has 182 valence electrons. The number of nitrogens with zero attached hydrogens (tertiary/aromatic N) is 1. The van der Waals surface area contributed by atoms with E-state index in [0.29, 0.717) is 32.8 Å². The maximum absolute atomic E-state index is 12.2. The molecule has 10 heteroatoms. The van der Waals surface area contributed by atoms with Crippen LogP contribution in [0.3, 0.4) is 0 Å². The zero-order valence-electron chi connectivity index (χ0n) is 18.7. The molecule has 0 heterocycles. The van der Waals surface area contributed by atoms with E-state index in [2.05, 4.69) is 31.8 Å². The van der Waals surface area contributed by atoms with Gasteiger partial charge in [0.25, 0.3) is 0 Å². The first-order valence-electron chi connectivity index (χ1n) is 10.5. The second-order valence-corrected chi connectivity index (χ2v) is 9.01. The van der Waals surface area contributed by atoms with Crippen LogP contribution in [0, 0.1) is 0 Å². The molecule has 0 atom stereocenters. The fourth-order valence-corrected chi connectivity index (χ4v) is 3.81. The summed E-state index contributed by atoms with van der Waals surface area (Å²) in [7, 11) is 1.52. The number of carbonyl (C=O) groups excluding carboxylic acids is 2. The van der Waals surface area contributed by atoms with Crippen molar-refractivity contribution in [3.8, 4) is 11.5 Å². The predicted octanol–water partition coefficient (Wildman–Crippen LogP) is 6.21. The molecule has 0 fully saturated rings. The molecule has 0 aromatic heterocycles. The smallest absolute Gasteiger partial charge is 0.240 e. The molecule has 0 saturated carbocycles. The van der Waals surface area contributed by atoms with Crippen molar-refractivity contribution in [2.75, 3.05) is 12.4 Å². The summed E-state index contributed by atoms with van der Waals surface area (Å²) >= 11 is 15.6. The summed E-state index contributed by atoms with van der Waals surface area (Å²) < 4.78 is 11.9. The summed E-state index contributed by atoms with van der Waals surface area (Å²) in [6, 6.07) is 17.6. The van der Waals surface area contributed by atoms with E-state index in [1.807, 2.05) is 6.07 Å².